The topological polar surface area (TPSA) is 107 Å². The SMILES string of the molecule is Cc1ccc(NC(=O)c2cn(C)nc2-c2ccc(F)cc2F)cc1S(N)(=O)=O. The molecule has 0 saturated carbocycles. The zero-order valence-corrected chi connectivity index (χ0v) is 15.7. The molecule has 1 heterocycles. The Bertz CT molecular complexity index is 1190. The van der Waals surface area contributed by atoms with E-state index in [-0.39, 0.29) is 27.4 Å². The molecule has 3 N–H and O–H groups in total. The van der Waals surface area contributed by atoms with E-state index >= 15 is 0 Å². The highest BCUT2D eigenvalue weighted by Crippen LogP contribution is 2.27. The second-order valence-corrected chi connectivity index (χ2v) is 7.70. The summed E-state index contributed by atoms with van der Waals surface area (Å²) in [6.45, 7) is 1.57. The van der Waals surface area contributed by atoms with Crippen LogP contribution in [0, 0.1) is 18.6 Å². The van der Waals surface area contributed by atoms with Crippen LogP contribution in [-0.4, -0.2) is 24.1 Å². The summed E-state index contributed by atoms with van der Waals surface area (Å²) < 4.78 is 51.9. The third kappa shape index (κ3) is 3.92. The van der Waals surface area contributed by atoms with Gasteiger partial charge in [0, 0.05) is 30.6 Å². The molecule has 146 valence electrons. The molecule has 0 atom stereocenters. The van der Waals surface area contributed by atoms with Crippen molar-refractivity contribution in [2.75, 3.05) is 5.32 Å². The molecule has 0 spiro atoms. The maximum absolute atomic E-state index is 14.1. The zero-order valence-electron chi connectivity index (χ0n) is 14.9. The number of anilines is 1. The Morgan fingerprint density at radius 3 is 2.54 bits per heavy atom. The van der Waals surface area contributed by atoms with E-state index in [0.717, 1.165) is 6.07 Å². The Morgan fingerprint density at radius 1 is 1.18 bits per heavy atom. The van der Waals surface area contributed by atoms with Gasteiger partial charge in [-0.05, 0) is 36.8 Å². The lowest BCUT2D eigenvalue weighted by atomic mass is 10.1. The number of primary sulfonamides is 1. The highest BCUT2D eigenvalue weighted by atomic mass is 32.2. The van der Waals surface area contributed by atoms with Gasteiger partial charge in [-0.15, -0.1) is 0 Å². The Hall–Kier alpha value is -3.11. The molecule has 0 radical (unpaired) electrons. The monoisotopic (exact) mass is 406 g/mol. The molecule has 10 heteroatoms. The summed E-state index contributed by atoms with van der Waals surface area (Å²) >= 11 is 0. The number of rotatable bonds is 4. The maximum atomic E-state index is 14.1. The van der Waals surface area contributed by atoms with Crippen LogP contribution >= 0.6 is 0 Å². The standard InChI is InChI=1S/C18H16F2N4O3S/c1-10-3-5-12(8-16(10)28(21,26)27)22-18(25)14-9-24(2)23-17(14)13-6-4-11(19)7-15(13)20/h3-9H,1-2H3,(H,22,25)(H2,21,26,27). The molecule has 0 unspecified atom stereocenters. The van der Waals surface area contributed by atoms with Gasteiger partial charge in [0.15, 0.2) is 0 Å². The number of aromatic nitrogens is 2. The fraction of sp³-hybridized carbons (Fsp3) is 0.111. The van der Waals surface area contributed by atoms with E-state index in [1.165, 1.54) is 35.1 Å². The van der Waals surface area contributed by atoms with Crippen LogP contribution in [-0.2, 0) is 17.1 Å². The number of nitrogens with one attached hydrogen (secondary N) is 1. The molecule has 0 aliphatic rings. The molecule has 0 bridgehead atoms. The van der Waals surface area contributed by atoms with E-state index < -0.39 is 27.6 Å². The van der Waals surface area contributed by atoms with Crippen LogP contribution in [0.25, 0.3) is 11.3 Å². The van der Waals surface area contributed by atoms with Gasteiger partial charge in [0.1, 0.15) is 17.3 Å². The average molecular weight is 406 g/mol. The van der Waals surface area contributed by atoms with Crippen LogP contribution in [0.1, 0.15) is 15.9 Å². The van der Waals surface area contributed by atoms with Gasteiger partial charge < -0.3 is 5.32 Å². The molecule has 0 saturated heterocycles. The first-order valence-electron chi connectivity index (χ1n) is 8.00. The quantitative estimate of drug-likeness (QED) is 0.694. The van der Waals surface area contributed by atoms with Gasteiger partial charge >= 0.3 is 0 Å². The number of nitrogens with zero attached hydrogens (tertiary/aromatic N) is 2. The minimum atomic E-state index is -3.97. The Balaban J connectivity index is 1.99. The normalized spacial score (nSPS) is 11.5. The van der Waals surface area contributed by atoms with Crippen molar-refractivity contribution in [1.29, 1.82) is 0 Å². The lowest BCUT2D eigenvalue weighted by molar-refractivity contribution is 0.102. The molecule has 0 aliphatic heterocycles. The number of carbonyl (C=O) groups excluding carboxylic acids is 1. The van der Waals surface area contributed by atoms with Crippen LogP contribution in [0.2, 0.25) is 0 Å². The van der Waals surface area contributed by atoms with Crippen molar-refractivity contribution in [3.05, 3.63) is 65.4 Å². The molecule has 3 aromatic rings. The lowest BCUT2D eigenvalue weighted by Gasteiger charge is -2.09. The summed E-state index contributed by atoms with van der Waals surface area (Å²) in [6.07, 6.45) is 1.38. The van der Waals surface area contributed by atoms with Crippen LogP contribution in [0.15, 0.2) is 47.5 Å². The van der Waals surface area contributed by atoms with Crippen molar-refractivity contribution in [3.8, 4) is 11.3 Å². The minimum Gasteiger partial charge on any atom is -0.322 e. The van der Waals surface area contributed by atoms with Crippen molar-refractivity contribution in [1.82, 2.24) is 9.78 Å². The number of benzene rings is 2. The summed E-state index contributed by atoms with van der Waals surface area (Å²) in [7, 11) is -2.42. The second-order valence-electron chi connectivity index (χ2n) is 6.17. The summed E-state index contributed by atoms with van der Waals surface area (Å²) in [5.74, 6) is -2.26. The van der Waals surface area contributed by atoms with E-state index in [2.05, 4.69) is 10.4 Å². The van der Waals surface area contributed by atoms with Gasteiger partial charge in [-0.25, -0.2) is 22.3 Å². The number of hydrogen-bond donors (Lipinski definition) is 2. The van der Waals surface area contributed by atoms with Crippen LogP contribution in [0.4, 0.5) is 14.5 Å². The van der Waals surface area contributed by atoms with E-state index in [4.69, 9.17) is 5.14 Å². The Kier molecular flexibility index (Phi) is 5.01. The van der Waals surface area contributed by atoms with Crippen LogP contribution in [0.3, 0.4) is 0 Å². The number of halogens is 2. The molecule has 0 fully saturated rings. The van der Waals surface area contributed by atoms with E-state index in [1.54, 1.807) is 14.0 Å². The first-order valence-corrected chi connectivity index (χ1v) is 9.55. The van der Waals surface area contributed by atoms with Crippen molar-refractivity contribution >= 4 is 21.6 Å². The van der Waals surface area contributed by atoms with E-state index in [9.17, 15) is 22.0 Å². The van der Waals surface area contributed by atoms with Gasteiger partial charge in [-0.2, -0.15) is 5.10 Å². The molecule has 0 aliphatic carbocycles. The van der Waals surface area contributed by atoms with Crippen molar-refractivity contribution in [2.24, 2.45) is 12.2 Å². The Morgan fingerprint density at radius 2 is 1.89 bits per heavy atom. The third-order valence-corrected chi connectivity index (χ3v) is 5.07. The summed E-state index contributed by atoms with van der Waals surface area (Å²) in [6, 6.07) is 7.19. The smallest absolute Gasteiger partial charge is 0.259 e. The number of aryl methyl sites for hydroxylation is 2. The third-order valence-electron chi connectivity index (χ3n) is 4.01. The maximum Gasteiger partial charge on any atom is 0.259 e. The zero-order chi connectivity index (χ0) is 20.6. The van der Waals surface area contributed by atoms with Crippen LogP contribution < -0.4 is 10.5 Å². The number of sulfonamides is 1. The predicted molar refractivity (Wildman–Crippen MR) is 99.1 cm³/mol. The molecule has 3 rings (SSSR count). The largest absolute Gasteiger partial charge is 0.322 e. The lowest BCUT2D eigenvalue weighted by Crippen LogP contribution is -2.16. The Labute approximate surface area is 159 Å². The van der Waals surface area contributed by atoms with Gasteiger partial charge in [0.05, 0.1) is 10.5 Å². The summed E-state index contributed by atoms with van der Waals surface area (Å²) in [5, 5.41) is 11.8. The van der Waals surface area contributed by atoms with E-state index in [0.29, 0.717) is 11.6 Å². The second kappa shape index (κ2) is 7.13. The summed E-state index contributed by atoms with van der Waals surface area (Å²) in [5.41, 5.74) is 0.633. The predicted octanol–water partition coefficient (Wildman–Crippen LogP) is 2.57. The van der Waals surface area contributed by atoms with Crippen molar-refractivity contribution in [2.45, 2.75) is 11.8 Å². The van der Waals surface area contributed by atoms with Gasteiger partial charge in [0.25, 0.3) is 5.91 Å². The van der Waals surface area contributed by atoms with Crippen LogP contribution in [0.5, 0.6) is 0 Å². The number of amides is 1. The molecule has 1 aromatic heterocycles. The van der Waals surface area contributed by atoms with E-state index in [1.807, 2.05) is 0 Å². The molecular formula is C18H16F2N4O3S. The first kappa shape index (κ1) is 19.6. The van der Waals surface area contributed by atoms with Crippen molar-refractivity contribution < 1.29 is 22.0 Å². The number of hydrogen-bond acceptors (Lipinski definition) is 4. The first-order chi connectivity index (χ1) is 13.1. The molecule has 1 amide bonds. The fourth-order valence-electron chi connectivity index (χ4n) is 2.72. The molecule has 7 nitrogen and oxygen atoms in total. The number of carbonyl (C=O) groups is 1. The van der Waals surface area contributed by atoms with Gasteiger partial charge in [-0.1, -0.05) is 6.07 Å². The highest BCUT2D eigenvalue weighted by Gasteiger charge is 2.21. The fourth-order valence-corrected chi connectivity index (χ4v) is 3.53. The average Bonchev–Trinajstić information content (AvgIpc) is 2.97. The van der Waals surface area contributed by atoms with Gasteiger partial charge in [0.2, 0.25) is 10.0 Å². The molecule has 28 heavy (non-hydrogen) atoms. The van der Waals surface area contributed by atoms with Crippen molar-refractivity contribution in [3.63, 3.8) is 0 Å². The molecule has 2 aromatic carbocycles. The highest BCUT2D eigenvalue weighted by molar-refractivity contribution is 7.89. The minimum absolute atomic E-state index is 0.0243. The molecular weight excluding hydrogens is 390 g/mol. The summed E-state index contributed by atoms with van der Waals surface area (Å²) in [4.78, 5) is 12.6. The number of nitrogens with two attached hydrogens (primary N) is 1. The van der Waals surface area contributed by atoms with Gasteiger partial charge in [-0.3, -0.25) is 9.48 Å².